The molecule has 7 nitrogen and oxygen atoms in total. The van der Waals surface area contributed by atoms with Crippen molar-refractivity contribution in [2.45, 2.75) is 51.1 Å². The Labute approximate surface area is 169 Å². The number of fused-ring (bicyclic) bond motifs is 1. The summed E-state index contributed by atoms with van der Waals surface area (Å²) in [5, 5.41) is 14.0. The van der Waals surface area contributed by atoms with Crippen LogP contribution in [0.25, 0.3) is 10.2 Å². The highest BCUT2D eigenvalue weighted by Crippen LogP contribution is 2.31. The van der Waals surface area contributed by atoms with Gasteiger partial charge in [-0.05, 0) is 35.4 Å². The molecule has 1 saturated carbocycles. The van der Waals surface area contributed by atoms with E-state index in [1.54, 1.807) is 16.2 Å². The van der Waals surface area contributed by atoms with E-state index in [1.807, 2.05) is 0 Å². The molecule has 2 fully saturated rings. The zero-order chi connectivity index (χ0) is 18.9. The third kappa shape index (κ3) is 3.28. The topological polar surface area (TPSA) is 64.2 Å². The average Bonchev–Trinajstić information content (AvgIpc) is 3.48. The lowest BCUT2D eigenvalue weighted by molar-refractivity contribution is -0.933. The Morgan fingerprint density at radius 1 is 1.18 bits per heavy atom. The molecule has 0 spiro atoms. The number of quaternary nitrogens is 1. The second-order valence-electron chi connectivity index (χ2n) is 7.99. The van der Waals surface area contributed by atoms with Crippen LogP contribution in [0.1, 0.15) is 56.9 Å². The van der Waals surface area contributed by atoms with Crippen LogP contribution in [-0.4, -0.2) is 51.4 Å². The van der Waals surface area contributed by atoms with E-state index in [4.69, 9.17) is 4.98 Å². The molecule has 0 amide bonds. The third-order valence-electron chi connectivity index (χ3n) is 6.36. The van der Waals surface area contributed by atoms with Gasteiger partial charge in [-0.1, -0.05) is 43.2 Å². The van der Waals surface area contributed by atoms with Crippen molar-refractivity contribution in [3.05, 3.63) is 30.1 Å². The maximum absolute atomic E-state index is 4.84. The van der Waals surface area contributed by atoms with Gasteiger partial charge in [0.2, 0.25) is 5.82 Å². The molecule has 1 N–H and O–H groups in total. The standard InChI is InChI=1S/C20H27N7S/c1-2-17(19-22-23-24-27(19)15-7-3-4-8-15)25-11-13-26(14-12-25)20-21-16-9-5-6-10-18(16)28-20/h5-6,9-10,15,17H,2-4,7-8,11-14H2,1H3/p+1/t17-/m1/s1. The normalized spacial score (nSPS) is 20.2. The quantitative estimate of drug-likeness (QED) is 0.714. The van der Waals surface area contributed by atoms with Gasteiger partial charge in [0, 0.05) is 6.42 Å². The molecule has 1 saturated heterocycles. The first-order chi connectivity index (χ1) is 13.8. The molecule has 0 radical (unpaired) electrons. The highest BCUT2D eigenvalue weighted by molar-refractivity contribution is 7.22. The van der Waals surface area contributed by atoms with Crippen LogP contribution in [0, 0.1) is 0 Å². The van der Waals surface area contributed by atoms with Crippen LogP contribution in [0.5, 0.6) is 0 Å². The average molecular weight is 399 g/mol. The molecular formula is C20H28N7S+. The predicted molar refractivity (Wildman–Crippen MR) is 111 cm³/mol. The number of nitrogens with zero attached hydrogens (tertiary/aromatic N) is 6. The Morgan fingerprint density at radius 3 is 2.71 bits per heavy atom. The van der Waals surface area contributed by atoms with Crippen molar-refractivity contribution in [1.29, 1.82) is 0 Å². The van der Waals surface area contributed by atoms with Gasteiger partial charge in [0.25, 0.3) is 0 Å². The highest BCUT2D eigenvalue weighted by Gasteiger charge is 2.34. The van der Waals surface area contributed by atoms with Gasteiger partial charge in [0.05, 0.1) is 42.4 Å². The van der Waals surface area contributed by atoms with Crippen LogP contribution in [0.3, 0.4) is 0 Å². The molecule has 1 aromatic carbocycles. The maximum atomic E-state index is 4.84. The van der Waals surface area contributed by atoms with Crippen molar-refractivity contribution in [2.75, 3.05) is 31.1 Å². The SMILES string of the molecule is CC[C@H](c1nnnn1C1CCCC1)[NH+]1CCN(c2nc3ccccc3s2)CC1. The largest absolute Gasteiger partial charge is 0.337 e. The molecule has 0 unspecified atom stereocenters. The first-order valence-corrected chi connectivity index (χ1v) is 11.4. The minimum absolute atomic E-state index is 0.383. The molecule has 0 bridgehead atoms. The highest BCUT2D eigenvalue weighted by atomic mass is 32.1. The fraction of sp³-hybridized carbons (Fsp3) is 0.600. The fourth-order valence-electron chi connectivity index (χ4n) is 4.82. The number of piperazine rings is 1. The van der Waals surface area contributed by atoms with Crippen molar-refractivity contribution in [2.24, 2.45) is 0 Å². The van der Waals surface area contributed by atoms with Crippen molar-refractivity contribution in [3.8, 4) is 0 Å². The predicted octanol–water partition coefficient (Wildman–Crippen LogP) is 2.25. The number of hydrogen-bond acceptors (Lipinski definition) is 6. The minimum atomic E-state index is 0.383. The summed E-state index contributed by atoms with van der Waals surface area (Å²) in [6.45, 7) is 6.55. The first-order valence-electron chi connectivity index (χ1n) is 10.6. The van der Waals surface area contributed by atoms with E-state index in [0.29, 0.717) is 12.1 Å². The van der Waals surface area contributed by atoms with E-state index < -0.39 is 0 Å². The number of aromatic nitrogens is 5. The van der Waals surface area contributed by atoms with Crippen LogP contribution < -0.4 is 9.80 Å². The monoisotopic (exact) mass is 398 g/mol. The molecule has 2 aromatic heterocycles. The number of benzene rings is 1. The second kappa shape index (κ2) is 7.75. The van der Waals surface area contributed by atoms with Crippen LogP contribution >= 0.6 is 11.3 Å². The van der Waals surface area contributed by atoms with E-state index in [0.717, 1.165) is 49.1 Å². The number of para-hydroxylation sites is 1. The molecule has 3 aromatic rings. The van der Waals surface area contributed by atoms with Gasteiger partial charge < -0.3 is 9.80 Å². The number of thiazole rings is 1. The molecule has 3 heterocycles. The summed E-state index contributed by atoms with van der Waals surface area (Å²) >= 11 is 1.81. The number of tetrazole rings is 1. The summed E-state index contributed by atoms with van der Waals surface area (Å²) in [6, 6.07) is 9.30. The van der Waals surface area contributed by atoms with Crippen molar-refractivity contribution >= 4 is 26.7 Å². The lowest BCUT2D eigenvalue weighted by Gasteiger charge is -2.35. The lowest BCUT2D eigenvalue weighted by Crippen LogP contribution is -3.15. The van der Waals surface area contributed by atoms with E-state index >= 15 is 0 Å². The van der Waals surface area contributed by atoms with Crippen LogP contribution in [0.2, 0.25) is 0 Å². The number of rotatable bonds is 5. The minimum Gasteiger partial charge on any atom is -0.337 e. The Morgan fingerprint density at radius 2 is 1.96 bits per heavy atom. The van der Waals surface area contributed by atoms with Gasteiger partial charge in [-0.3, -0.25) is 0 Å². The molecule has 28 heavy (non-hydrogen) atoms. The van der Waals surface area contributed by atoms with Gasteiger partial charge in [0.15, 0.2) is 5.13 Å². The van der Waals surface area contributed by atoms with Crippen molar-refractivity contribution in [1.82, 2.24) is 25.2 Å². The Balaban J connectivity index is 1.29. The maximum Gasteiger partial charge on any atom is 0.209 e. The van der Waals surface area contributed by atoms with Gasteiger partial charge in [-0.25, -0.2) is 9.67 Å². The molecule has 1 atom stereocenters. The molecule has 148 valence electrons. The summed E-state index contributed by atoms with van der Waals surface area (Å²) < 4.78 is 3.42. The zero-order valence-electron chi connectivity index (χ0n) is 16.4. The number of hydrogen-bond donors (Lipinski definition) is 1. The Bertz CT molecular complexity index is 888. The number of anilines is 1. The van der Waals surface area contributed by atoms with Gasteiger partial charge in [-0.15, -0.1) is 5.10 Å². The lowest BCUT2D eigenvalue weighted by atomic mass is 10.1. The van der Waals surface area contributed by atoms with E-state index in [1.165, 1.54) is 30.4 Å². The summed E-state index contributed by atoms with van der Waals surface area (Å²) in [5.74, 6) is 1.10. The second-order valence-corrected chi connectivity index (χ2v) is 9.00. The third-order valence-corrected chi connectivity index (χ3v) is 7.46. The van der Waals surface area contributed by atoms with E-state index in [2.05, 4.69) is 56.3 Å². The summed E-state index contributed by atoms with van der Waals surface area (Å²) in [4.78, 5) is 8.89. The smallest absolute Gasteiger partial charge is 0.209 e. The Hall–Kier alpha value is -2.06. The van der Waals surface area contributed by atoms with Crippen molar-refractivity contribution in [3.63, 3.8) is 0 Å². The molecule has 5 rings (SSSR count). The summed E-state index contributed by atoms with van der Waals surface area (Å²) in [7, 11) is 0. The molecular weight excluding hydrogens is 370 g/mol. The van der Waals surface area contributed by atoms with Crippen LogP contribution in [0.15, 0.2) is 24.3 Å². The van der Waals surface area contributed by atoms with Crippen LogP contribution in [-0.2, 0) is 0 Å². The fourth-order valence-corrected chi connectivity index (χ4v) is 5.84. The van der Waals surface area contributed by atoms with Crippen molar-refractivity contribution < 1.29 is 4.90 Å². The molecule has 8 heteroatoms. The zero-order valence-corrected chi connectivity index (χ0v) is 17.2. The molecule has 1 aliphatic heterocycles. The first kappa shape index (κ1) is 18.0. The van der Waals surface area contributed by atoms with Gasteiger partial charge in [-0.2, -0.15) is 0 Å². The molecule has 2 aliphatic rings. The summed E-state index contributed by atoms with van der Waals surface area (Å²) in [6.07, 6.45) is 6.11. The van der Waals surface area contributed by atoms with Gasteiger partial charge in [0.1, 0.15) is 6.04 Å². The van der Waals surface area contributed by atoms with E-state index in [9.17, 15) is 0 Å². The Kier molecular flexibility index (Phi) is 4.98. The van der Waals surface area contributed by atoms with Gasteiger partial charge >= 0.3 is 0 Å². The molecule has 1 aliphatic carbocycles. The summed E-state index contributed by atoms with van der Waals surface area (Å²) in [5.41, 5.74) is 1.11. The van der Waals surface area contributed by atoms with E-state index in [-0.39, 0.29) is 0 Å². The van der Waals surface area contributed by atoms with Crippen LogP contribution in [0.4, 0.5) is 5.13 Å². The number of nitrogens with one attached hydrogen (secondary N) is 1.